The van der Waals surface area contributed by atoms with Gasteiger partial charge in [0.05, 0.1) is 17.4 Å². The molecule has 1 heterocycles. The predicted octanol–water partition coefficient (Wildman–Crippen LogP) is 4.73. The predicted molar refractivity (Wildman–Crippen MR) is 134 cm³/mol. The monoisotopic (exact) mass is 451 g/mol. The zero-order chi connectivity index (χ0) is 23.8. The van der Waals surface area contributed by atoms with E-state index in [9.17, 15) is 9.59 Å². The lowest BCUT2D eigenvalue weighted by atomic mass is 10.2. The third kappa shape index (κ3) is 5.86. The van der Waals surface area contributed by atoms with Gasteiger partial charge in [0.25, 0.3) is 5.56 Å². The summed E-state index contributed by atoms with van der Waals surface area (Å²) in [5, 5.41) is 0.521. The Hall–Kier alpha value is -4.45. The first-order chi connectivity index (χ1) is 16.6. The molecule has 34 heavy (non-hydrogen) atoms. The van der Waals surface area contributed by atoms with E-state index in [0.717, 1.165) is 16.9 Å². The third-order valence-electron chi connectivity index (χ3n) is 5.20. The van der Waals surface area contributed by atoms with Gasteiger partial charge in [-0.05, 0) is 41.5 Å². The van der Waals surface area contributed by atoms with E-state index in [4.69, 9.17) is 4.74 Å². The van der Waals surface area contributed by atoms with Gasteiger partial charge < -0.3 is 14.6 Å². The molecule has 0 saturated carbocycles. The fraction of sp³-hybridized carbons (Fsp3) is 0.107. The topological polar surface area (TPSA) is 75.3 Å². The number of ether oxygens (including phenoxy) is 1. The van der Waals surface area contributed by atoms with Crippen molar-refractivity contribution in [2.75, 3.05) is 6.61 Å². The van der Waals surface area contributed by atoms with Crippen molar-refractivity contribution in [1.29, 1.82) is 0 Å². The van der Waals surface area contributed by atoms with Crippen LogP contribution in [0, 0.1) is 0 Å². The molecule has 0 aliphatic rings. The molecule has 0 aliphatic heterocycles. The summed E-state index contributed by atoms with van der Waals surface area (Å²) in [5.74, 6) is 0.983. The molecule has 0 spiro atoms. The number of rotatable bonds is 9. The number of amides is 1. The molecule has 0 fully saturated rings. The number of benzene rings is 3. The lowest BCUT2D eigenvalue weighted by Gasteiger charge is -2.21. The molecule has 0 bridgehead atoms. The Bertz CT molecular complexity index is 1360. The number of fused-ring (bicyclic) bond motifs is 1. The second kappa shape index (κ2) is 10.9. The van der Waals surface area contributed by atoms with Crippen molar-refractivity contribution < 1.29 is 9.53 Å². The van der Waals surface area contributed by atoms with Crippen LogP contribution in [0.25, 0.3) is 17.0 Å². The highest BCUT2D eigenvalue weighted by molar-refractivity contribution is 5.91. The summed E-state index contributed by atoms with van der Waals surface area (Å²) < 4.78 is 5.49. The molecule has 6 heteroatoms. The summed E-state index contributed by atoms with van der Waals surface area (Å²) in [4.78, 5) is 34.7. The number of nitrogens with zero attached hydrogens (tertiary/aromatic N) is 2. The molecule has 1 amide bonds. The zero-order valence-electron chi connectivity index (χ0n) is 18.7. The smallest absolute Gasteiger partial charge is 0.258 e. The molecule has 0 saturated heterocycles. The fourth-order valence-electron chi connectivity index (χ4n) is 3.51. The number of carbonyl (C=O) groups is 1. The maximum atomic E-state index is 13.2. The van der Waals surface area contributed by atoms with Crippen LogP contribution in [0.15, 0.2) is 102 Å². The summed E-state index contributed by atoms with van der Waals surface area (Å²) in [5.41, 5.74) is 2.23. The second-order valence-electron chi connectivity index (χ2n) is 7.71. The first-order valence-electron chi connectivity index (χ1n) is 10.9. The molecule has 4 rings (SSSR count). The number of nitrogens with one attached hydrogen (secondary N) is 1. The number of carbonyl (C=O) groups excluding carboxylic acids is 1. The van der Waals surface area contributed by atoms with Gasteiger partial charge in [0.1, 0.15) is 18.2 Å². The van der Waals surface area contributed by atoms with E-state index in [1.165, 1.54) is 6.08 Å². The Kier molecular flexibility index (Phi) is 7.30. The fourth-order valence-corrected chi connectivity index (χ4v) is 3.51. The third-order valence-corrected chi connectivity index (χ3v) is 5.20. The summed E-state index contributed by atoms with van der Waals surface area (Å²) in [6.45, 7) is 4.63. The minimum Gasteiger partial charge on any atom is -0.490 e. The number of H-pyrrole nitrogens is 1. The van der Waals surface area contributed by atoms with Gasteiger partial charge in [0.2, 0.25) is 5.91 Å². The Morgan fingerprint density at radius 3 is 2.47 bits per heavy atom. The first-order valence-corrected chi connectivity index (χ1v) is 10.9. The quantitative estimate of drug-likeness (QED) is 0.295. The van der Waals surface area contributed by atoms with Crippen LogP contribution in [0.4, 0.5) is 0 Å². The van der Waals surface area contributed by atoms with Crippen LogP contribution in [0.5, 0.6) is 5.75 Å². The van der Waals surface area contributed by atoms with Crippen molar-refractivity contribution in [3.63, 3.8) is 0 Å². The normalized spacial score (nSPS) is 10.9. The first kappa shape index (κ1) is 22.7. The number of hydrogen-bond acceptors (Lipinski definition) is 4. The Labute approximate surface area is 197 Å². The van der Waals surface area contributed by atoms with Crippen LogP contribution in [-0.2, 0) is 17.9 Å². The van der Waals surface area contributed by atoms with Gasteiger partial charge in [-0.25, -0.2) is 4.98 Å². The van der Waals surface area contributed by atoms with Gasteiger partial charge in [-0.15, -0.1) is 0 Å². The highest BCUT2D eigenvalue weighted by Gasteiger charge is 2.15. The van der Waals surface area contributed by atoms with Crippen molar-refractivity contribution >= 4 is 22.9 Å². The highest BCUT2D eigenvalue weighted by atomic mass is 16.5. The van der Waals surface area contributed by atoms with Gasteiger partial charge >= 0.3 is 0 Å². The van der Waals surface area contributed by atoms with E-state index in [-0.39, 0.29) is 18.0 Å². The molecular formula is C28H25N3O3. The molecule has 1 N–H and O–H groups in total. The SMILES string of the molecule is C=CCOc1ccc(/C=C/C(=O)N(Cc2ccccc2)Cc2nc3ccccc3c(=O)[nH]2)cc1. The largest absolute Gasteiger partial charge is 0.490 e. The minimum absolute atomic E-state index is 0.173. The number of aromatic nitrogens is 2. The van der Waals surface area contributed by atoms with E-state index in [2.05, 4.69) is 16.5 Å². The van der Waals surface area contributed by atoms with Gasteiger partial charge in [-0.2, -0.15) is 0 Å². The Morgan fingerprint density at radius 1 is 0.971 bits per heavy atom. The molecule has 1 aromatic heterocycles. The zero-order valence-corrected chi connectivity index (χ0v) is 18.7. The van der Waals surface area contributed by atoms with E-state index < -0.39 is 0 Å². The van der Waals surface area contributed by atoms with Gasteiger partial charge in [0.15, 0.2) is 0 Å². The average molecular weight is 452 g/mol. The van der Waals surface area contributed by atoms with E-state index in [1.54, 1.807) is 35.3 Å². The van der Waals surface area contributed by atoms with Crippen molar-refractivity contribution in [2.24, 2.45) is 0 Å². The van der Waals surface area contributed by atoms with Crippen LogP contribution in [0.1, 0.15) is 17.0 Å². The summed E-state index contributed by atoms with van der Waals surface area (Å²) in [6.07, 6.45) is 4.97. The Morgan fingerprint density at radius 2 is 1.71 bits per heavy atom. The summed E-state index contributed by atoms with van der Waals surface area (Å²) in [6, 6.07) is 24.3. The second-order valence-corrected chi connectivity index (χ2v) is 7.71. The standard InChI is InChI=1S/C28H25N3O3/c1-2-18-34-23-15-12-21(13-16-23)14-17-27(32)31(19-22-8-4-3-5-9-22)20-26-29-25-11-7-6-10-24(25)28(33)30-26/h2-17H,1,18-20H2,(H,29,30,33)/b17-14+. The van der Waals surface area contributed by atoms with Gasteiger partial charge in [-0.3, -0.25) is 9.59 Å². The van der Waals surface area contributed by atoms with Gasteiger partial charge in [-0.1, -0.05) is 67.3 Å². The average Bonchev–Trinajstić information content (AvgIpc) is 2.87. The van der Waals surface area contributed by atoms with E-state index >= 15 is 0 Å². The van der Waals surface area contributed by atoms with Crippen molar-refractivity contribution in [3.05, 3.63) is 125 Å². The van der Waals surface area contributed by atoms with Crippen LogP contribution in [-0.4, -0.2) is 27.4 Å². The lowest BCUT2D eigenvalue weighted by molar-refractivity contribution is -0.127. The van der Waals surface area contributed by atoms with E-state index in [0.29, 0.717) is 29.9 Å². The molecule has 4 aromatic rings. The van der Waals surface area contributed by atoms with Crippen LogP contribution in [0.2, 0.25) is 0 Å². The molecule has 3 aromatic carbocycles. The van der Waals surface area contributed by atoms with Gasteiger partial charge in [0, 0.05) is 12.6 Å². The summed E-state index contributed by atoms with van der Waals surface area (Å²) >= 11 is 0. The minimum atomic E-state index is -0.220. The summed E-state index contributed by atoms with van der Waals surface area (Å²) in [7, 11) is 0. The number of hydrogen-bond donors (Lipinski definition) is 1. The molecular weight excluding hydrogens is 426 g/mol. The van der Waals surface area contributed by atoms with Crippen molar-refractivity contribution in [3.8, 4) is 5.75 Å². The molecule has 0 radical (unpaired) electrons. The number of aromatic amines is 1. The number of para-hydroxylation sites is 1. The molecule has 6 nitrogen and oxygen atoms in total. The Balaban J connectivity index is 1.55. The maximum Gasteiger partial charge on any atom is 0.258 e. The molecule has 170 valence electrons. The van der Waals surface area contributed by atoms with Crippen molar-refractivity contribution in [1.82, 2.24) is 14.9 Å². The van der Waals surface area contributed by atoms with Crippen LogP contribution < -0.4 is 10.3 Å². The van der Waals surface area contributed by atoms with Crippen LogP contribution in [0.3, 0.4) is 0 Å². The molecule has 0 atom stereocenters. The lowest BCUT2D eigenvalue weighted by Crippen LogP contribution is -2.30. The highest BCUT2D eigenvalue weighted by Crippen LogP contribution is 2.15. The molecule has 0 unspecified atom stereocenters. The molecule has 0 aliphatic carbocycles. The van der Waals surface area contributed by atoms with Crippen molar-refractivity contribution in [2.45, 2.75) is 13.1 Å². The van der Waals surface area contributed by atoms with Crippen LogP contribution >= 0.6 is 0 Å². The maximum absolute atomic E-state index is 13.2. The van der Waals surface area contributed by atoms with E-state index in [1.807, 2.05) is 60.7 Å².